The van der Waals surface area contributed by atoms with Gasteiger partial charge in [-0.3, -0.25) is 0 Å². The van der Waals surface area contributed by atoms with Gasteiger partial charge in [0.15, 0.2) is 0 Å². The van der Waals surface area contributed by atoms with Crippen molar-refractivity contribution in [3.8, 4) is 5.75 Å². The summed E-state index contributed by atoms with van der Waals surface area (Å²) in [6.45, 7) is 3.61. The standard InChI is InChI=1S/C31H31NO3.ClH/c1-2-21-14-15-24(18-29(21)31(33)34)28-19-25(35-30-13-6-5-12-27(28)30)20-32-17-16-23-10-7-9-22-8-3-4-11-26(22)23;/h3-15,18,25,28,32H,2,16-17,19-20H2,1H3,(H,33,34);1H/t25-,28-;/m1./s1. The molecular formula is C31H32ClNO3. The van der Waals surface area contributed by atoms with E-state index in [1.54, 1.807) is 0 Å². The number of carboxylic acids is 1. The predicted molar refractivity (Wildman–Crippen MR) is 148 cm³/mol. The van der Waals surface area contributed by atoms with E-state index in [0.29, 0.717) is 12.0 Å². The summed E-state index contributed by atoms with van der Waals surface area (Å²) in [7, 11) is 0. The fourth-order valence-electron chi connectivity index (χ4n) is 5.25. The largest absolute Gasteiger partial charge is 0.489 e. The third kappa shape index (κ3) is 5.40. The lowest BCUT2D eigenvalue weighted by Gasteiger charge is -2.33. The van der Waals surface area contributed by atoms with E-state index >= 15 is 0 Å². The van der Waals surface area contributed by atoms with Gasteiger partial charge in [0.05, 0.1) is 5.56 Å². The number of para-hydroxylation sites is 1. The topological polar surface area (TPSA) is 58.6 Å². The number of carboxylic acid groups (broad SMARTS) is 1. The molecule has 5 rings (SSSR count). The monoisotopic (exact) mass is 501 g/mol. The Morgan fingerprint density at radius 2 is 1.75 bits per heavy atom. The van der Waals surface area contributed by atoms with Crippen molar-refractivity contribution in [2.45, 2.75) is 38.2 Å². The number of carbonyl (C=O) groups is 1. The second-order valence-corrected chi connectivity index (χ2v) is 9.23. The number of aryl methyl sites for hydroxylation is 1. The van der Waals surface area contributed by atoms with Gasteiger partial charge >= 0.3 is 5.97 Å². The molecule has 2 N–H and O–H groups in total. The van der Waals surface area contributed by atoms with Crippen molar-refractivity contribution in [1.29, 1.82) is 0 Å². The van der Waals surface area contributed by atoms with Crippen molar-refractivity contribution in [1.82, 2.24) is 5.32 Å². The number of rotatable bonds is 8. The highest BCUT2D eigenvalue weighted by Crippen LogP contribution is 2.40. The van der Waals surface area contributed by atoms with Crippen LogP contribution in [0.1, 0.15) is 51.9 Å². The average Bonchev–Trinajstić information content (AvgIpc) is 2.90. The molecule has 0 spiro atoms. The molecule has 0 amide bonds. The molecule has 0 bridgehead atoms. The Bertz CT molecular complexity index is 1350. The minimum Gasteiger partial charge on any atom is -0.489 e. The summed E-state index contributed by atoms with van der Waals surface area (Å²) in [5.74, 6) is 0.130. The Kier molecular flexibility index (Phi) is 8.29. The molecule has 1 aliphatic heterocycles. The van der Waals surface area contributed by atoms with Crippen molar-refractivity contribution in [2.75, 3.05) is 13.1 Å². The zero-order chi connectivity index (χ0) is 24.2. The molecule has 186 valence electrons. The van der Waals surface area contributed by atoms with Crippen molar-refractivity contribution < 1.29 is 14.6 Å². The third-order valence-electron chi connectivity index (χ3n) is 7.06. The summed E-state index contributed by atoms with van der Waals surface area (Å²) in [5, 5.41) is 15.9. The molecule has 4 aromatic carbocycles. The molecule has 0 saturated heterocycles. The Morgan fingerprint density at radius 1 is 0.972 bits per heavy atom. The van der Waals surface area contributed by atoms with E-state index in [0.717, 1.165) is 48.4 Å². The molecular weight excluding hydrogens is 470 g/mol. The molecule has 5 heteroatoms. The smallest absolute Gasteiger partial charge is 0.335 e. The highest BCUT2D eigenvalue weighted by Gasteiger charge is 2.29. The lowest BCUT2D eigenvalue weighted by atomic mass is 9.83. The quantitative estimate of drug-likeness (QED) is 0.266. The second-order valence-electron chi connectivity index (χ2n) is 9.23. The summed E-state index contributed by atoms with van der Waals surface area (Å²) < 4.78 is 6.35. The molecule has 1 aliphatic rings. The summed E-state index contributed by atoms with van der Waals surface area (Å²) >= 11 is 0. The van der Waals surface area contributed by atoms with Gasteiger partial charge in [0, 0.05) is 18.0 Å². The van der Waals surface area contributed by atoms with E-state index in [9.17, 15) is 9.90 Å². The van der Waals surface area contributed by atoms with Gasteiger partial charge < -0.3 is 15.2 Å². The van der Waals surface area contributed by atoms with Crippen molar-refractivity contribution in [3.63, 3.8) is 0 Å². The second kappa shape index (κ2) is 11.6. The number of ether oxygens (including phenoxy) is 1. The van der Waals surface area contributed by atoms with Crippen LogP contribution in [0, 0.1) is 0 Å². The minimum atomic E-state index is -0.865. The van der Waals surface area contributed by atoms with Gasteiger partial charge in [0.25, 0.3) is 0 Å². The lowest BCUT2D eigenvalue weighted by molar-refractivity contribution is 0.0695. The van der Waals surface area contributed by atoms with Crippen LogP contribution >= 0.6 is 12.4 Å². The maximum absolute atomic E-state index is 11.9. The van der Waals surface area contributed by atoms with E-state index in [1.807, 2.05) is 37.3 Å². The van der Waals surface area contributed by atoms with E-state index < -0.39 is 5.97 Å². The molecule has 0 aromatic heterocycles. The molecule has 0 fully saturated rings. The first-order valence-electron chi connectivity index (χ1n) is 12.4. The van der Waals surface area contributed by atoms with Gasteiger partial charge in [0.2, 0.25) is 0 Å². The number of fused-ring (bicyclic) bond motifs is 2. The number of nitrogens with one attached hydrogen (secondary N) is 1. The van der Waals surface area contributed by atoms with E-state index in [1.165, 1.54) is 16.3 Å². The van der Waals surface area contributed by atoms with Crippen LogP contribution in [0.25, 0.3) is 10.8 Å². The Morgan fingerprint density at radius 3 is 2.58 bits per heavy atom. The number of aromatic carboxylic acids is 1. The summed E-state index contributed by atoms with van der Waals surface area (Å²) in [6.07, 6.45) is 2.48. The molecule has 0 radical (unpaired) electrons. The van der Waals surface area contributed by atoms with Gasteiger partial charge in [-0.05, 0) is 65.4 Å². The fraction of sp³-hybridized carbons (Fsp3) is 0.258. The van der Waals surface area contributed by atoms with Crippen LogP contribution < -0.4 is 10.1 Å². The van der Waals surface area contributed by atoms with Crippen LogP contribution in [-0.2, 0) is 12.8 Å². The molecule has 0 saturated carbocycles. The van der Waals surface area contributed by atoms with Gasteiger partial charge in [-0.15, -0.1) is 12.4 Å². The maximum atomic E-state index is 11.9. The van der Waals surface area contributed by atoms with Gasteiger partial charge in [-0.25, -0.2) is 4.79 Å². The van der Waals surface area contributed by atoms with E-state index in [-0.39, 0.29) is 24.4 Å². The Hall–Kier alpha value is -3.34. The number of halogens is 1. The van der Waals surface area contributed by atoms with Gasteiger partial charge in [0.1, 0.15) is 11.9 Å². The zero-order valence-electron chi connectivity index (χ0n) is 20.4. The highest BCUT2D eigenvalue weighted by atomic mass is 35.5. The first-order chi connectivity index (χ1) is 17.1. The van der Waals surface area contributed by atoms with Crippen LogP contribution in [0.3, 0.4) is 0 Å². The molecule has 0 aliphatic carbocycles. The molecule has 36 heavy (non-hydrogen) atoms. The van der Waals surface area contributed by atoms with Crippen molar-refractivity contribution >= 4 is 29.1 Å². The Balaban J connectivity index is 0.00000304. The predicted octanol–water partition coefficient (Wildman–Crippen LogP) is 6.64. The number of hydrogen-bond acceptors (Lipinski definition) is 3. The number of benzene rings is 4. The third-order valence-corrected chi connectivity index (χ3v) is 7.06. The van der Waals surface area contributed by atoms with Crippen LogP contribution in [0.15, 0.2) is 84.9 Å². The molecule has 2 atom stereocenters. The fourth-order valence-corrected chi connectivity index (χ4v) is 5.25. The molecule has 4 nitrogen and oxygen atoms in total. The normalized spacial score (nSPS) is 16.6. The lowest BCUT2D eigenvalue weighted by Crippen LogP contribution is -2.36. The average molecular weight is 502 g/mol. The minimum absolute atomic E-state index is 0. The number of hydrogen-bond donors (Lipinski definition) is 2. The van der Waals surface area contributed by atoms with Gasteiger partial charge in [-0.2, -0.15) is 0 Å². The first kappa shape index (κ1) is 25.7. The maximum Gasteiger partial charge on any atom is 0.335 e. The van der Waals surface area contributed by atoms with Gasteiger partial charge in [-0.1, -0.05) is 79.7 Å². The summed E-state index contributed by atoms with van der Waals surface area (Å²) in [6, 6.07) is 29.0. The summed E-state index contributed by atoms with van der Waals surface area (Å²) in [4.78, 5) is 11.9. The van der Waals surface area contributed by atoms with E-state index in [2.05, 4.69) is 59.9 Å². The Labute approximate surface area is 218 Å². The van der Waals surface area contributed by atoms with Crippen LogP contribution in [-0.4, -0.2) is 30.3 Å². The van der Waals surface area contributed by atoms with Crippen LogP contribution in [0.2, 0.25) is 0 Å². The molecule has 4 aromatic rings. The SMILES string of the molecule is CCc1ccc([C@H]2C[C@H](CNCCc3cccc4ccccc34)Oc3ccccc32)cc1C(=O)O.Cl. The van der Waals surface area contributed by atoms with Crippen molar-refractivity contribution in [3.05, 3.63) is 113 Å². The van der Waals surface area contributed by atoms with Crippen molar-refractivity contribution in [2.24, 2.45) is 0 Å². The molecule has 0 unspecified atom stereocenters. The van der Waals surface area contributed by atoms with E-state index in [4.69, 9.17) is 4.74 Å². The molecule has 1 heterocycles. The van der Waals surface area contributed by atoms with Crippen LogP contribution in [0.5, 0.6) is 5.75 Å². The van der Waals surface area contributed by atoms with Crippen LogP contribution in [0.4, 0.5) is 0 Å². The highest BCUT2D eigenvalue weighted by molar-refractivity contribution is 5.89. The summed E-state index contributed by atoms with van der Waals surface area (Å²) in [5.41, 5.74) is 4.78. The zero-order valence-corrected chi connectivity index (χ0v) is 21.3. The first-order valence-corrected chi connectivity index (χ1v) is 12.4.